The predicted octanol–water partition coefficient (Wildman–Crippen LogP) is 1.79. The van der Waals surface area contributed by atoms with Crippen LogP contribution in [-0.2, 0) is 4.79 Å². The Bertz CT molecular complexity index is 775. The second-order valence-electron chi connectivity index (χ2n) is 7.30. The van der Waals surface area contributed by atoms with Crippen LogP contribution in [0.1, 0.15) is 23.5 Å². The number of nitrogens with one attached hydrogen (secondary N) is 1. The fraction of sp³-hybridized carbons (Fsp3) is 0.381. The molecule has 1 N–H and O–H groups in total. The molecule has 0 saturated carbocycles. The van der Waals surface area contributed by atoms with Crippen molar-refractivity contribution in [2.75, 3.05) is 31.6 Å². The Hall–Kier alpha value is -2.33. The molecule has 1 unspecified atom stereocenters. The van der Waals surface area contributed by atoms with Crippen molar-refractivity contribution in [2.24, 2.45) is 0 Å². The van der Waals surface area contributed by atoms with E-state index in [9.17, 15) is 4.79 Å². The van der Waals surface area contributed by atoms with Gasteiger partial charge in [0.15, 0.2) is 6.61 Å². The first-order valence-corrected chi connectivity index (χ1v) is 9.05. The van der Waals surface area contributed by atoms with E-state index in [0.29, 0.717) is 5.92 Å². The van der Waals surface area contributed by atoms with E-state index in [-0.39, 0.29) is 18.6 Å². The third-order valence-corrected chi connectivity index (χ3v) is 5.45. The smallest absolute Gasteiger partial charge is 0.265 e. The van der Waals surface area contributed by atoms with Gasteiger partial charge in [0.2, 0.25) is 0 Å². The fourth-order valence-electron chi connectivity index (χ4n) is 4.25. The number of hydrogen-bond donors (Lipinski definition) is 1. The number of amides is 1. The molecule has 4 nitrogen and oxygen atoms in total. The molecule has 2 aromatic carbocycles. The first-order chi connectivity index (χ1) is 12.1. The van der Waals surface area contributed by atoms with Gasteiger partial charge in [-0.25, -0.2) is 0 Å². The Kier molecular flexibility index (Phi) is 4.22. The van der Waals surface area contributed by atoms with Crippen molar-refractivity contribution in [1.29, 1.82) is 0 Å². The number of nitrogens with zero attached hydrogens (tertiary/aromatic N) is 1. The van der Waals surface area contributed by atoms with Crippen molar-refractivity contribution in [3.63, 3.8) is 0 Å². The molecule has 0 aromatic heterocycles. The summed E-state index contributed by atoms with van der Waals surface area (Å²) in [5.41, 5.74) is 3.67. The zero-order valence-electron chi connectivity index (χ0n) is 14.9. The number of rotatable bonds is 3. The number of carbonyl (C=O) groups excluding carboxylic acids is 1. The van der Waals surface area contributed by atoms with Crippen molar-refractivity contribution in [3.05, 3.63) is 59.7 Å². The number of likely N-dealkylation sites (N-methyl/N-ethyl adjacent to an activating group) is 1. The third kappa shape index (κ3) is 3.02. The standard InChI is InChI=1S/C21H24N2O2/c1-15-8-9-19-17(12-15)18-13-22(2)11-10-20(18)23(19)21(24)14-25-16-6-4-3-5-7-16/h3-9,12,18,20H,10-11,13-14H2,1-2H3/p+1/t18-,20-/m0/s1. The highest BCUT2D eigenvalue weighted by molar-refractivity contribution is 5.97. The van der Waals surface area contributed by atoms with E-state index in [1.807, 2.05) is 35.2 Å². The van der Waals surface area contributed by atoms with Crippen LogP contribution >= 0.6 is 0 Å². The largest absolute Gasteiger partial charge is 0.484 e. The van der Waals surface area contributed by atoms with Crippen LogP contribution in [0, 0.1) is 6.92 Å². The van der Waals surface area contributed by atoms with Crippen LogP contribution in [0.4, 0.5) is 5.69 Å². The average molecular weight is 337 g/mol. The lowest BCUT2D eigenvalue weighted by molar-refractivity contribution is -0.886. The second kappa shape index (κ2) is 6.52. The van der Waals surface area contributed by atoms with E-state index in [1.165, 1.54) is 11.1 Å². The number of ether oxygens (including phenoxy) is 1. The van der Waals surface area contributed by atoms with Gasteiger partial charge in [-0.15, -0.1) is 0 Å². The summed E-state index contributed by atoms with van der Waals surface area (Å²) >= 11 is 0. The van der Waals surface area contributed by atoms with Crippen molar-refractivity contribution in [3.8, 4) is 5.75 Å². The summed E-state index contributed by atoms with van der Waals surface area (Å²) in [5.74, 6) is 1.23. The monoisotopic (exact) mass is 337 g/mol. The number of benzene rings is 2. The molecule has 1 fully saturated rings. The second-order valence-corrected chi connectivity index (χ2v) is 7.30. The highest BCUT2D eigenvalue weighted by atomic mass is 16.5. The van der Waals surface area contributed by atoms with E-state index in [0.717, 1.165) is 30.9 Å². The number of hydrogen-bond acceptors (Lipinski definition) is 2. The maximum atomic E-state index is 13.0. The number of quaternary nitrogens is 1. The molecule has 0 spiro atoms. The first-order valence-electron chi connectivity index (χ1n) is 9.05. The Morgan fingerprint density at radius 1 is 1.24 bits per heavy atom. The molecule has 130 valence electrons. The highest BCUT2D eigenvalue weighted by Gasteiger charge is 2.45. The summed E-state index contributed by atoms with van der Waals surface area (Å²) in [6, 6.07) is 16.3. The Balaban J connectivity index is 1.59. The Labute approximate surface area is 149 Å². The average Bonchev–Trinajstić information content (AvgIpc) is 2.93. The van der Waals surface area contributed by atoms with Crippen LogP contribution < -0.4 is 14.5 Å². The molecule has 3 atom stereocenters. The molecule has 2 aliphatic rings. The zero-order valence-corrected chi connectivity index (χ0v) is 14.9. The summed E-state index contributed by atoms with van der Waals surface area (Å²) in [4.78, 5) is 16.6. The van der Waals surface area contributed by atoms with Gasteiger partial charge in [0.05, 0.1) is 32.1 Å². The van der Waals surface area contributed by atoms with Gasteiger partial charge < -0.3 is 14.5 Å². The molecule has 4 rings (SSSR count). The van der Waals surface area contributed by atoms with Crippen molar-refractivity contribution in [1.82, 2.24) is 0 Å². The number of carbonyl (C=O) groups is 1. The van der Waals surface area contributed by atoms with Gasteiger partial charge in [-0.1, -0.05) is 35.9 Å². The molecule has 4 heteroatoms. The van der Waals surface area contributed by atoms with E-state index >= 15 is 0 Å². The molecule has 0 radical (unpaired) electrons. The topological polar surface area (TPSA) is 34.0 Å². The van der Waals surface area contributed by atoms with Crippen molar-refractivity contribution < 1.29 is 14.4 Å². The molecule has 0 bridgehead atoms. The maximum Gasteiger partial charge on any atom is 0.265 e. The van der Waals surface area contributed by atoms with Crippen LogP contribution in [0.25, 0.3) is 0 Å². The summed E-state index contributed by atoms with van der Waals surface area (Å²) in [6.07, 6.45) is 1.04. The van der Waals surface area contributed by atoms with Crippen LogP contribution in [0.3, 0.4) is 0 Å². The van der Waals surface area contributed by atoms with Gasteiger partial charge in [0, 0.05) is 12.1 Å². The number of para-hydroxylation sites is 1. The number of fused-ring (bicyclic) bond motifs is 3. The SMILES string of the molecule is Cc1ccc2c(c1)[C@@H]1C[NH+](C)CC[C@@H]1N2C(=O)COc1ccccc1. The number of anilines is 1. The van der Waals surface area contributed by atoms with Crippen LogP contribution in [0.15, 0.2) is 48.5 Å². The summed E-state index contributed by atoms with van der Waals surface area (Å²) in [6.45, 7) is 4.41. The highest BCUT2D eigenvalue weighted by Crippen LogP contribution is 2.43. The van der Waals surface area contributed by atoms with Gasteiger partial charge in [0.25, 0.3) is 5.91 Å². The van der Waals surface area contributed by atoms with Gasteiger partial charge in [-0.05, 0) is 30.7 Å². The van der Waals surface area contributed by atoms with Gasteiger partial charge in [-0.2, -0.15) is 0 Å². The molecular formula is C21H25N2O2+. The number of likely N-dealkylation sites (tertiary alicyclic amines) is 1. The Morgan fingerprint density at radius 3 is 2.84 bits per heavy atom. The molecular weight excluding hydrogens is 312 g/mol. The predicted molar refractivity (Wildman–Crippen MR) is 98.4 cm³/mol. The summed E-state index contributed by atoms with van der Waals surface area (Å²) in [7, 11) is 2.24. The lowest BCUT2D eigenvalue weighted by atomic mass is 9.89. The molecule has 0 aliphatic carbocycles. The van der Waals surface area contributed by atoms with Crippen LogP contribution in [-0.4, -0.2) is 38.7 Å². The molecule has 2 aromatic rings. The first kappa shape index (κ1) is 16.2. The molecule has 25 heavy (non-hydrogen) atoms. The van der Waals surface area contributed by atoms with Crippen LogP contribution in [0.2, 0.25) is 0 Å². The molecule has 2 heterocycles. The van der Waals surface area contributed by atoms with Crippen molar-refractivity contribution in [2.45, 2.75) is 25.3 Å². The Morgan fingerprint density at radius 2 is 2.04 bits per heavy atom. The van der Waals surface area contributed by atoms with E-state index in [4.69, 9.17) is 4.74 Å². The lowest BCUT2D eigenvalue weighted by Gasteiger charge is -2.34. The van der Waals surface area contributed by atoms with Gasteiger partial charge >= 0.3 is 0 Å². The summed E-state index contributed by atoms with van der Waals surface area (Å²) < 4.78 is 5.72. The molecule has 2 aliphatic heterocycles. The third-order valence-electron chi connectivity index (χ3n) is 5.45. The number of aryl methyl sites for hydroxylation is 1. The minimum Gasteiger partial charge on any atom is -0.484 e. The normalized spacial score (nSPS) is 24.6. The molecule has 1 saturated heterocycles. The van der Waals surface area contributed by atoms with Crippen molar-refractivity contribution >= 4 is 11.6 Å². The lowest BCUT2D eigenvalue weighted by Crippen LogP contribution is -3.11. The van der Waals surface area contributed by atoms with Gasteiger partial charge in [-0.3, -0.25) is 4.79 Å². The van der Waals surface area contributed by atoms with Crippen LogP contribution in [0.5, 0.6) is 5.75 Å². The molecule has 1 amide bonds. The van der Waals surface area contributed by atoms with E-state index in [1.54, 1.807) is 4.90 Å². The van der Waals surface area contributed by atoms with Gasteiger partial charge in [0.1, 0.15) is 5.75 Å². The maximum absolute atomic E-state index is 13.0. The quantitative estimate of drug-likeness (QED) is 0.927. The zero-order chi connectivity index (χ0) is 17.4. The summed E-state index contributed by atoms with van der Waals surface area (Å²) in [5, 5.41) is 0. The fourth-order valence-corrected chi connectivity index (χ4v) is 4.25. The number of piperidine rings is 1. The van der Waals surface area contributed by atoms with E-state index in [2.05, 4.69) is 32.2 Å². The van der Waals surface area contributed by atoms with E-state index < -0.39 is 0 Å². The minimum atomic E-state index is 0.0565. The minimum absolute atomic E-state index is 0.0565.